The Morgan fingerprint density at radius 2 is 1.32 bits per heavy atom. The van der Waals surface area contributed by atoms with Crippen molar-refractivity contribution in [3.05, 3.63) is 90.0 Å². The summed E-state index contributed by atoms with van der Waals surface area (Å²) in [6, 6.07) is 24.0. The fourth-order valence-corrected chi connectivity index (χ4v) is 3.20. The van der Waals surface area contributed by atoms with Gasteiger partial charge in [-0.15, -0.1) is 0 Å². The predicted molar refractivity (Wildman–Crippen MR) is 91.5 cm³/mol. The Hall–Kier alpha value is -2.03. The summed E-state index contributed by atoms with van der Waals surface area (Å²) in [5.41, 5.74) is 1.69. The van der Waals surface area contributed by atoms with E-state index in [0.717, 1.165) is 11.1 Å². The van der Waals surface area contributed by atoms with E-state index in [1.807, 2.05) is 60.7 Å². The molecule has 1 atom stereocenters. The fourth-order valence-electron chi connectivity index (χ4n) is 2.81. The molecule has 3 aromatic rings. The third kappa shape index (κ3) is 3.12. The van der Waals surface area contributed by atoms with Gasteiger partial charge in [0.15, 0.2) is 22.6 Å². The SMILES string of the molecule is O=S(O)c1ccc2c(c1)OC(c1ccccc1)(c1ccccc1)O2.[H-].[Li+]. The molecule has 0 fully saturated rings. The van der Waals surface area contributed by atoms with Gasteiger partial charge in [0, 0.05) is 17.2 Å². The average Bonchev–Trinajstić information content (AvgIpc) is 3.03. The van der Waals surface area contributed by atoms with E-state index in [4.69, 9.17) is 9.47 Å². The number of benzene rings is 3. The van der Waals surface area contributed by atoms with E-state index in [2.05, 4.69) is 0 Å². The number of ether oxygens (including phenoxy) is 2. The van der Waals surface area contributed by atoms with Gasteiger partial charge in [-0.1, -0.05) is 60.7 Å². The molecule has 1 unspecified atom stereocenters. The quantitative estimate of drug-likeness (QED) is 0.569. The molecule has 1 aliphatic rings. The first kappa shape index (κ1) is 17.8. The molecule has 0 aliphatic carbocycles. The molecule has 6 heteroatoms. The maximum absolute atomic E-state index is 11.3. The van der Waals surface area contributed by atoms with Crippen LogP contribution in [0.3, 0.4) is 0 Å². The minimum Gasteiger partial charge on any atom is -1.00 e. The molecule has 25 heavy (non-hydrogen) atoms. The number of hydrogen-bond donors (Lipinski definition) is 1. The molecule has 0 bridgehead atoms. The summed E-state index contributed by atoms with van der Waals surface area (Å²) in [7, 11) is 0. The predicted octanol–water partition coefficient (Wildman–Crippen LogP) is 1.06. The van der Waals surface area contributed by atoms with Gasteiger partial charge >= 0.3 is 24.6 Å². The molecule has 0 amide bonds. The summed E-state index contributed by atoms with van der Waals surface area (Å²) >= 11 is -2.07. The summed E-state index contributed by atoms with van der Waals surface area (Å²) in [5.74, 6) is -0.125. The topological polar surface area (TPSA) is 55.8 Å². The van der Waals surface area contributed by atoms with E-state index >= 15 is 0 Å². The molecule has 122 valence electrons. The Labute approximate surface area is 161 Å². The first-order valence-corrected chi connectivity index (χ1v) is 8.54. The van der Waals surface area contributed by atoms with Crippen molar-refractivity contribution in [2.75, 3.05) is 0 Å². The van der Waals surface area contributed by atoms with Crippen LogP contribution in [0.5, 0.6) is 11.5 Å². The first-order valence-electron chi connectivity index (χ1n) is 7.43. The minimum atomic E-state index is -2.07. The van der Waals surface area contributed by atoms with Crippen molar-refractivity contribution < 1.29 is 38.5 Å². The van der Waals surface area contributed by atoms with Crippen LogP contribution in [-0.4, -0.2) is 8.76 Å². The van der Waals surface area contributed by atoms with Gasteiger partial charge in [-0.05, 0) is 12.1 Å². The van der Waals surface area contributed by atoms with Crippen LogP contribution in [0.1, 0.15) is 12.6 Å². The molecule has 0 saturated heterocycles. The zero-order valence-corrected chi connectivity index (χ0v) is 14.4. The first-order chi connectivity index (χ1) is 11.7. The van der Waals surface area contributed by atoms with E-state index in [-0.39, 0.29) is 25.2 Å². The maximum atomic E-state index is 11.3. The van der Waals surface area contributed by atoms with Crippen molar-refractivity contribution in [2.24, 2.45) is 0 Å². The van der Waals surface area contributed by atoms with Crippen LogP contribution in [0.2, 0.25) is 0 Å². The molecule has 4 rings (SSSR count). The monoisotopic (exact) mass is 346 g/mol. The zero-order valence-electron chi connectivity index (χ0n) is 14.6. The molecule has 1 N–H and O–H groups in total. The summed E-state index contributed by atoms with van der Waals surface area (Å²) in [6.45, 7) is 0. The van der Waals surface area contributed by atoms with E-state index in [0.29, 0.717) is 11.5 Å². The Balaban J connectivity index is 0.00000121. The summed E-state index contributed by atoms with van der Waals surface area (Å²) < 4.78 is 33.0. The van der Waals surface area contributed by atoms with Gasteiger partial charge in [0.05, 0.1) is 4.90 Å². The third-order valence-electron chi connectivity index (χ3n) is 3.93. The molecule has 0 spiro atoms. The Kier molecular flexibility index (Phi) is 5.03. The summed E-state index contributed by atoms with van der Waals surface area (Å²) in [5, 5.41) is 0. The second-order valence-corrected chi connectivity index (χ2v) is 6.38. The second-order valence-electron chi connectivity index (χ2n) is 5.41. The summed E-state index contributed by atoms with van der Waals surface area (Å²) in [4.78, 5) is 0.272. The van der Waals surface area contributed by atoms with Crippen LogP contribution in [0.15, 0.2) is 83.8 Å². The number of hydrogen-bond acceptors (Lipinski definition) is 3. The van der Waals surface area contributed by atoms with E-state index in [9.17, 15) is 8.76 Å². The van der Waals surface area contributed by atoms with Gasteiger partial charge in [0.2, 0.25) is 0 Å². The molecule has 0 saturated carbocycles. The van der Waals surface area contributed by atoms with Crippen LogP contribution in [0.4, 0.5) is 0 Å². The van der Waals surface area contributed by atoms with Crippen molar-refractivity contribution in [2.45, 2.75) is 10.7 Å². The van der Waals surface area contributed by atoms with Crippen LogP contribution < -0.4 is 28.3 Å². The Morgan fingerprint density at radius 1 is 0.800 bits per heavy atom. The third-order valence-corrected chi connectivity index (χ3v) is 4.59. The van der Waals surface area contributed by atoms with Crippen molar-refractivity contribution in [3.63, 3.8) is 0 Å². The van der Waals surface area contributed by atoms with Gasteiger partial charge in [-0.2, -0.15) is 0 Å². The van der Waals surface area contributed by atoms with Gasteiger partial charge in [-0.3, -0.25) is 0 Å². The van der Waals surface area contributed by atoms with Crippen LogP contribution >= 0.6 is 0 Å². The number of rotatable bonds is 3. The van der Waals surface area contributed by atoms with Crippen molar-refractivity contribution in [1.29, 1.82) is 0 Å². The molecule has 0 aromatic heterocycles. The standard InChI is InChI=1S/C19H14O4S.Li.H/c20-24(21)16-11-12-17-18(13-16)23-19(22-17,14-7-3-1-4-8-14)15-9-5-2-6-10-15;;/h1-13H,(H,20,21);;/q;+1;-1. The van der Waals surface area contributed by atoms with E-state index in [1.165, 1.54) is 0 Å². The van der Waals surface area contributed by atoms with Crippen LogP contribution in [0.25, 0.3) is 0 Å². The molecule has 3 aromatic carbocycles. The Bertz CT molecular complexity index is 866. The van der Waals surface area contributed by atoms with Crippen molar-refractivity contribution in [3.8, 4) is 11.5 Å². The molecular weight excluding hydrogens is 331 g/mol. The summed E-state index contributed by atoms with van der Waals surface area (Å²) in [6.07, 6.45) is 0. The fraction of sp³-hybridized carbons (Fsp3) is 0.0526. The molecular formula is C19H15LiO4S. The average molecular weight is 346 g/mol. The van der Waals surface area contributed by atoms with Gasteiger partial charge in [0.1, 0.15) is 0 Å². The van der Waals surface area contributed by atoms with E-state index < -0.39 is 16.9 Å². The van der Waals surface area contributed by atoms with Gasteiger partial charge in [0.25, 0.3) is 0 Å². The molecule has 4 nitrogen and oxygen atoms in total. The second kappa shape index (κ2) is 7.07. The number of fused-ring (bicyclic) bond motifs is 1. The normalized spacial score (nSPS) is 15.2. The van der Waals surface area contributed by atoms with Crippen LogP contribution in [0, 0.1) is 0 Å². The zero-order chi connectivity index (χ0) is 16.6. The largest absolute Gasteiger partial charge is 1.00 e. The van der Waals surface area contributed by atoms with Gasteiger partial charge < -0.3 is 15.5 Å². The molecule has 1 heterocycles. The van der Waals surface area contributed by atoms with Crippen molar-refractivity contribution >= 4 is 11.1 Å². The smallest absolute Gasteiger partial charge is 1.00 e. The Morgan fingerprint density at radius 3 is 1.84 bits per heavy atom. The molecule has 1 aliphatic heterocycles. The minimum absolute atomic E-state index is 0. The van der Waals surface area contributed by atoms with Crippen LogP contribution in [-0.2, 0) is 16.9 Å². The van der Waals surface area contributed by atoms with E-state index in [1.54, 1.807) is 18.2 Å². The van der Waals surface area contributed by atoms with Gasteiger partial charge in [-0.25, -0.2) is 4.21 Å². The van der Waals surface area contributed by atoms with Crippen molar-refractivity contribution in [1.82, 2.24) is 0 Å². The maximum Gasteiger partial charge on any atom is 1.00 e. The molecule has 0 radical (unpaired) electrons.